The normalized spacial score (nSPS) is 14.6. The Morgan fingerprint density at radius 3 is 2.45 bits per heavy atom. The molecule has 5 nitrogen and oxygen atoms in total. The zero-order valence-electron chi connectivity index (χ0n) is 13.2. The Bertz CT molecular complexity index is 604. The average molecular weight is 275 g/mol. The highest BCUT2D eigenvalue weighted by Gasteiger charge is 2.25. The lowest BCUT2D eigenvalue weighted by Gasteiger charge is -2.31. The van der Waals surface area contributed by atoms with Crippen molar-refractivity contribution in [3.8, 4) is 0 Å². The molecule has 0 amide bonds. The third kappa shape index (κ3) is 2.77. The first-order valence-corrected chi connectivity index (χ1v) is 7.00. The Labute approximate surface area is 120 Å². The highest BCUT2D eigenvalue weighted by molar-refractivity contribution is 5.69. The second-order valence-electron chi connectivity index (χ2n) is 7.02. The molecule has 1 unspecified atom stereocenters. The molecule has 2 aromatic rings. The summed E-state index contributed by atoms with van der Waals surface area (Å²) in [7, 11) is 0. The molecule has 3 N–H and O–H groups in total. The summed E-state index contributed by atoms with van der Waals surface area (Å²) < 4.78 is 1.87. The number of hydrogen-bond acceptors (Lipinski definition) is 4. The van der Waals surface area contributed by atoms with Gasteiger partial charge >= 0.3 is 0 Å². The van der Waals surface area contributed by atoms with E-state index in [0.29, 0.717) is 0 Å². The van der Waals surface area contributed by atoms with Crippen molar-refractivity contribution < 1.29 is 0 Å². The average Bonchev–Trinajstić information content (AvgIpc) is 2.73. The predicted molar refractivity (Wildman–Crippen MR) is 83.0 cm³/mol. The fraction of sp³-hybridized carbons (Fsp3) is 0.600. The smallest absolute Gasteiger partial charge is 0.152 e. The molecule has 2 heterocycles. The van der Waals surface area contributed by atoms with Gasteiger partial charge in [-0.3, -0.25) is 0 Å². The molecule has 0 aliphatic heterocycles. The van der Waals surface area contributed by atoms with Crippen LogP contribution >= 0.6 is 0 Å². The van der Waals surface area contributed by atoms with Gasteiger partial charge in [0, 0.05) is 29.4 Å². The molecule has 110 valence electrons. The fourth-order valence-electron chi connectivity index (χ4n) is 1.80. The summed E-state index contributed by atoms with van der Waals surface area (Å²) in [4.78, 5) is 4.44. The second-order valence-corrected chi connectivity index (χ2v) is 7.02. The van der Waals surface area contributed by atoms with Gasteiger partial charge in [-0.25, -0.2) is 9.50 Å². The van der Waals surface area contributed by atoms with E-state index in [4.69, 9.17) is 5.73 Å². The lowest BCUT2D eigenvalue weighted by molar-refractivity contribution is 0.469. The van der Waals surface area contributed by atoms with E-state index in [2.05, 4.69) is 56.1 Å². The number of fused-ring (bicyclic) bond motifs is 1. The van der Waals surface area contributed by atoms with E-state index < -0.39 is 0 Å². The van der Waals surface area contributed by atoms with Gasteiger partial charge in [-0.05, 0) is 26.8 Å². The fourth-order valence-corrected chi connectivity index (χ4v) is 1.80. The molecular formula is C15H25N5. The number of rotatable bonds is 3. The van der Waals surface area contributed by atoms with Crippen molar-refractivity contribution in [1.29, 1.82) is 0 Å². The molecule has 0 bridgehead atoms. The van der Waals surface area contributed by atoms with E-state index in [-0.39, 0.29) is 17.0 Å². The van der Waals surface area contributed by atoms with E-state index in [1.54, 1.807) is 6.20 Å². The van der Waals surface area contributed by atoms with E-state index in [1.807, 2.05) is 17.6 Å². The van der Waals surface area contributed by atoms with Gasteiger partial charge in [0.25, 0.3) is 0 Å². The number of hydrogen-bond donors (Lipinski definition) is 2. The maximum atomic E-state index is 6.02. The van der Waals surface area contributed by atoms with E-state index in [1.165, 1.54) is 0 Å². The quantitative estimate of drug-likeness (QED) is 0.903. The first-order valence-electron chi connectivity index (χ1n) is 7.00. The van der Waals surface area contributed by atoms with Gasteiger partial charge in [0.1, 0.15) is 5.52 Å². The first kappa shape index (κ1) is 14.8. The van der Waals surface area contributed by atoms with Gasteiger partial charge in [-0.2, -0.15) is 5.10 Å². The minimum atomic E-state index is -0.235. The number of nitrogens with two attached hydrogens (primary N) is 1. The van der Waals surface area contributed by atoms with Gasteiger partial charge in [0.05, 0.1) is 5.69 Å². The lowest BCUT2D eigenvalue weighted by Crippen LogP contribution is -2.47. The van der Waals surface area contributed by atoms with E-state index >= 15 is 0 Å². The molecule has 0 spiro atoms. The van der Waals surface area contributed by atoms with Crippen LogP contribution in [0.4, 0.5) is 5.82 Å². The molecular weight excluding hydrogens is 250 g/mol. The van der Waals surface area contributed by atoms with Crippen LogP contribution in [-0.4, -0.2) is 26.2 Å². The Morgan fingerprint density at radius 1 is 1.25 bits per heavy atom. The Balaban J connectivity index is 2.47. The molecule has 20 heavy (non-hydrogen) atoms. The SMILES string of the molecule is CC(N)C(C)(C)Nc1nccn2nc(C(C)(C)C)cc12. The largest absolute Gasteiger partial charge is 0.362 e. The summed E-state index contributed by atoms with van der Waals surface area (Å²) in [5.74, 6) is 0.817. The predicted octanol–water partition coefficient (Wildman–Crippen LogP) is 2.56. The van der Waals surface area contributed by atoms with Gasteiger partial charge in [0.2, 0.25) is 0 Å². The van der Waals surface area contributed by atoms with Crippen molar-refractivity contribution in [2.45, 2.75) is 58.5 Å². The zero-order chi connectivity index (χ0) is 15.1. The number of nitrogens with zero attached hydrogens (tertiary/aromatic N) is 3. The van der Waals surface area contributed by atoms with Gasteiger partial charge in [-0.1, -0.05) is 20.8 Å². The molecule has 0 fully saturated rings. The van der Waals surface area contributed by atoms with Gasteiger partial charge in [0.15, 0.2) is 5.82 Å². The number of aromatic nitrogens is 3. The number of anilines is 1. The molecule has 2 rings (SSSR count). The highest BCUT2D eigenvalue weighted by atomic mass is 15.2. The third-order valence-electron chi connectivity index (χ3n) is 3.74. The van der Waals surface area contributed by atoms with Gasteiger partial charge < -0.3 is 11.1 Å². The molecule has 0 saturated heterocycles. The maximum absolute atomic E-state index is 6.02. The lowest BCUT2D eigenvalue weighted by atomic mass is 9.92. The Kier molecular flexibility index (Phi) is 3.50. The maximum Gasteiger partial charge on any atom is 0.152 e. The van der Waals surface area contributed by atoms with Crippen molar-refractivity contribution in [2.24, 2.45) is 5.73 Å². The topological polar surface area (TPSA) is 68.2 Å². The zero-order valence-corrected chi connectivity index (χ0v) is 13.2. The van der Waals surface area contributed by atoms with E-state index in [0.717, 1.165) is 17.0 Å². The van der Waals surface area contributed by atoms with Crippen molar-refractivity contribution in [3.63, 3.8) is 0 Å². The molecule has 0 aliphatic rings. The van der Waals surface area contributed by atoms with Crippen LogP contribution in [0.15, 0.2) is 18.5 Å². The van der Waals surface area contributed by atoms with Crippen LogP contribution in [0.3, 0.4) is 0 Å². The second kappa shape index (κ2) is 4.74. The molecule has 0 aliphatic carbocycles. The summed E-state index contributed by atoms with van der Waals surface area (Å²) >= 11 is 0. The standard InChI is InChI=1S/C15H25N5/c1-10(16)15(5,6)18-13-11-9-12(14(2,3)4)19-20(11)8-7-17-13/h7-10H,16H2,1-6H3,(H,17,18). The third-order valence-corrected chi connectivity index (χ3v) is 3.74. The van der Waals surface area contributed by atoms with Crippen LogP contribution in [0.25, 0.3) is 5.52 Å². The molecule has 0 radical (unpaired) electrons. The molecule has 5 heteroatoms. The Hall–Kier alpha value is -1.62. The molecule has 0 aromatic carbocycles. The molecule has 1 atom stereocenters. The minimum Gasteiger partial charge on any atom is -0.362 e. The highest BCUT2D eigenvalue weighted by Crippen LogP contribution is 2.26. The summed E-state index contributed by atoms with van der Waals surface area (Å²) in [6, 6.07) is 2.10. The molecule has 2 aromatic heterocycles. The van der Waals surface area contributed by atoms with Crippen molar-refractivity contribution in [1.82, 2.24) is 14.6 Å². The summed E-state index contributed by atoms with van der Waals surface area (Å²) in [5, 5.41) is 8.05. The summed E-state index contributed by atoms with van der Waals surface area (Å²) in [6.07, 6.45) is 3.63. The summed E-state index contributed by atoms with van der Waals surface area (Å²) in [6.45, 7) is 12.6. The van der Waals surface area contributed by atoms with Crippen LogP contribution in [-0.2, 0) is 5.41 Å². The minimum absolute atomic E-state index is 0.00886. The first-order chi connectivity index (χ1) is 9.11. The number of nitrogens with one attached hydrogen (secondary N) is 1. The van der Waals surface area contributed by atoms with Crippen LogP contribution < -0.4 is 11.1 Å². The monoisotopic (exact) mass is 275 g/mol. The van der Waals surface area contributed by atoms with Crippen LogP contribution in [0, 0.1) is 0 Å². The summed E-state index contributed by atoms with van der Waals surface area (Å²) in [5.41, 5.74) is 7.83. The van der Waals surface area contributed by atoms with Crippen LogP contribution in [0.5, 0.6) is 0 Å². The Morgan fingerprint density at radius 2 is 1.90 bits per heavy atom. The van der Waals surface area contributed by atoms with Crippen molar-refractivity contribution in [2.75, 3.05) is 5.32 Å². The van der Waals surface area contributed by atoms with Crippen LogP contribution in [0.2, 0.25) is 0 Å². The van der Waals surface area contributed by atoms with E-state index in [9.17, 15) is 0 Å². The van der Waals surface area contributed by atoms with Crippen LogP contribution in [0.1, 0.15) is 47.2 Å². The molecule has 0 saturated carbocycles. The van der Waals surface area contributed by atoms with Crippen molar-refractivity contribution in [3.05, 3.63) is 24.2 Å². The van der Waals surface area contributed by atoms with Gasteiger partial charge in [-0.15, -0.1) is 0 Å². The van der Waals surface area contributed by atoms with Crippen molar-refractivity contribution >= 4 is 11.3 Å².